The monoisotopic (exact) mass is 564 g/mol. The largest absolute Gasteiger partial charge is 0.394 e. The van der Waals surface area contributed by atoms with E-state index in [4.69, 9.17) is 11.6 Å². The van der Waals surface area contributed by atoms with Gasteiger partial charge in [-0.3, -0.25) is 14.6 Å². The van der Waals surface area contributed by atoms with Gasteiger partial charge in [-0.15, -0.1) is 0 Å². The number of aromatic nitrogens is 3. The number of aryl methyl sites for hydroxylation is 1. The van der Waals surface area contributed by atoms with E-state index >= 15 is 0 Å². The number of aliphatic hydroxyl groups excluding tert-OH is 2. The van der Waals surface area contributed by atoms with Crippen molar-refractivity contribution in [2.45, 2.75) is 70.3 Å². The number of nitrogens with zero attached hydrogens (tertiary/aromatic N) is 4. The minimum absolute atomic E-state index is 0.162. The van der Waals surface area contributed by atoms with Crippen molar-refractivity contribution < 1.29 is 19.8 Å². The van der Waals surface area contributed by atoms with Gasteiger partial charge in [0, 0.05) is 17.8 Å². The highest BCUT2D eigenvalue weighted by molar-refractivity contribution is 6.33. The molecule has 0 unspecified atom stereocenters. The number of benzene rings is 1. The van der Waals surface area contributed by atoms with Crippen molar-refractivity contribution in [3.8, 4) is 11.3 Å². The molecule has 4 N–H and O–H groups in total. The Bertz CT molecular complexity index is 1410. The van der Waals surface area contributed by atoms with Crippen molar-refractivity contribution in [3.05, 3.63) is 70.1 Å². The molecule has 2 amide bonds. The van der Waals surface area contributed by atoms with E-state index in [-0.39, 0.29) is 37.1 Å². The van der Waals surface area contributed by atoms with Crippen LogP contribution >= 0.6 is 11.6 Å². The van der Waals surface area contributed by atoms with Gasteiger partial charge in [-0.2, -0.15) is 0 Å². The third kappa shape index (κ3) is 5.94. The predicted octanol–water partition coefficient (Wildman–Crippen LogP) is 3.41. The minimum Gasteiger partial charge on any atom is -0.394 e. The summed E-state index contributed by atoms with van der Waals surface area (Å²) in [6.07, 6.45) is 5.99. The van der Waals surface area contributed by atoms with Gasteiger partial charge in [0.1, 0.15) is 6.04 Å². The average Bonchev–Trinajstić information content (AvgIpc) is 3.28. The molecule has 1 saturated carbocycles. The summed E-state index contributed by atoms with van der Waals surface area (Å²) in [5.41, 5.74) is 3.79. The van der Waals surface area contributed by atoms with Crippen molar-refractivity contribution >= 4 is 29.4 Å². The smallest absolute Gasteiger partial charge is 0.256 e. The Morgan fingerprint density at radius 2 is 1.95 bits per heavy atom. The molecule has 0 spiro atoms. The van der Waals surface area contributed by atoms with Crippen LogP contribution in [-0.2, 0) is 11.3 Å². The first-order valence-electron chi connectivity index (χ1n) is 13.5. The van der Waals surface area contributed by atoms with Gasteiger partial charge in [0.05, 0.1) is 53.5 Å². The fourth-order valence-electron chi connectivity index (χ4n) is 5.23. The summed E-state index contributed by atoms with van der Waals surface area (Å²) in [5, 5.41) is 26.2. The Morgan fingerprint density at radius 1 is 1.18 bits per heavy atom. The fourth-order valence-corrected chi connectivity index (χ4v) is 5.43. The lowest BCUT2D eigenvalue weighted by Gasteiger charge is -2.26. The van der Waals surface area contributed by atoms with Gasteiger partial charge in [-0.25, -0.2) is 9.97 Å². The fraction of sp³-hybridized carbons (Fsp3) is 0.414. The van der Waals surface area contributed by atoms with Gasteiger partial charge in [-0.05, 0) is 51.2 Å². The van der Waals surface area contributed by atoms with Crippen LogP contribution in [0.15, 0.2) is 42.7 Å². The molecule has 210 valence electrons. The molecule has 1 aromatic carbocycles. The number of hydrogen-bond acceptors (Lipinski definition) is 8. The summed E-state index contributed by atoms with van der Waals surface area (Å²) in [6, 6.07) is 8.07. The number of nitrogens with one attached hydrogen (secondary N) is 2. The first-order chi connectivity index (χ1) is 19.2. The summed E-state index contributed by atoms with van der Waals surface area (Å²) >= 11 is 6.44. The summed E-state index contributed by atoms with van der Waals surface area (Å²) < 4.78 is 0. The molecule has 2 atom stereocenters. The van der Waals surface area contributed by atoms with Crippen LogP contribution in [0.2, 0.25) is 5.02 Å². The lowest BCUT2D eigenvalue weighted by atomic mass is 9.93. The second-order valence-electron chi connectivity index (χ2n) is 10.5. The standard InChI is InChI=1S/C29H33ClN6O4/c1-16-4-3-5-18(10-16)25(15-37)34-27(39)17(2)36-14-24-22(28(36)40)11-19(12-31-24)26-23(30)13-32-29(35-26)33-20-6-8-21(38)9-7-20/h3-5,10-13,17,20-21,25,37-38H,6-9,14-15H2,1-2H3,(H,34,39)(H,32,33,35)/t17-,20?,21?,25-/m1/s1. The molecular weight excluding hydrogens is 532 g/mol. The third-order valence-electron chi connectivity index (χ3n) is 7.62. The Kier molecular flexibility index (Phi) is 8.30. The zero-order valence-electron chi connectivity index (χ0n) is 22.5. The first kappa shape index (κ1) is 27.9. The van der Waals surface area contributed by atoms with Crippen LogP contribution in [-0.4, -0.2) is 66.7 Å². The molecule has 1 aliphatic heterocycles. The van der Waals surface area contributed by atoms with Gasteiger partial charge in [0.2, 0.25) is 11.9 Å². The Labute approximate surface area is 237 Å². The molecule has 0 radical (unpaired) electrons. The zero-order valence-corrected chi connectivity index (χ0v) is 23.2. The first-order valence-corrected chi connectivity index (χ1v) is 13.9. The summed E-state index contributed by atoms with van der Waals surface area (Å²) in [4.78, 5) is 41.4. The van der Waals surface area contributed by atoms with Crippen molar-refractivity contribution in [3.63, 3.8) is 0 Å². The second kappa shape index (κ2) is 11.9. The Hall–Kier alpha value is -3.60. The molecule has 40 heavy (non-hydrogen) atoms. The van der Waals surface area contributed by atoms with Crippen molar-refractivity contribution in [1.29, 1.82) is 0 Å². The minimum atomic E-state index is -0.781. The molecule has 11 heteroatoms. The number of aliphatic hydroxyl groups is 2. The number of pyridine rings is 1. The highest BCUT2D eigenvalue weighted by atomic mass is 35.5. The second-order valence-corrected chi connectivity index (χ2v) is 10.9. The van der Waals surface area contributed by atoms with E-state index in [0.717, 1.165) is 36.8 Å². The number of carbonyl (C=O) groups excluding carboxylic acids is 2. The number of anilines is 1. The molecule has 2 aromatic heterocycles. The number of rotatable bonds is 8. The van der Waals surface area contributed by atoms with Gasteiger partial charge in [0.25, 0.3) is 5.91 Å². The van der Waals surface area contributed by atoms with Gasteiger partial charge in [0.15, 0.2) is 0 Å². The number of hydrogen-bond donors (Lipinski definition) is 4. The molecule has 1 aliphatic carbocycles. The van der Waals surface area contributed by atoms with Crippen molar-refractivity contribution in [1.82, 2.24) is 25.2 Å². The maximum atomic E-state index is 13.4. The maximum absolute atomic E-state index is 13.4. The van der Waals surface area contributed by atoms with E-state index in [2.05, 4.69) is 25.6 Å². The molecular formula is C29H33ClN6O4. The molecule has 10 nitrogen and oxygen atoms in total. The van der Waals surface area contributed by atoms with Crippen LogP contribution in [0.5, 0.6) is 0 Å². The quantitative estimate of drug-likeness (QED) is 0.326. The van der Waals surface area contributed by atoms with Crippen molar-refractivity contribution in [2.24, 2.45) is 0 Å². The number of carbonyl (C=O) groups is 2. The van der Waals surface area contributed by atoms with Gasteiger partial charge < -0.3 is 25.7 Å². The van der Waals surface area contributed by atoms with E-state index in [9.17, 15) is 19.8 Å². The summed E-state index contributed by atoms with van der Waals surface area (Å²) in [5.74, 6) is -0.259. The van der Waals surface area contributed by atoms with Crippen LogP contribution in [0.1, 0.15) is 65.8 Å². The number of amides is 2. The van der Waals surface area contributed by atoms with Crippen LogP contribution in [0.4, 0.5) is 5.95 Å². The molecule has 0 saturated heterocycles. The van der Waals surface area contributed by atoms with E-state index < -0.39 is 12.1 Å². The summed E-state index contributed by atoms with van der Waals surface area (Å²) in [6.45, 7) is 3.53. The van der Waals surface area contributed by atoms with Crippen LogP contribution in [0, 0.1) is 6.92 Å². The lowest BCUT2D eigenvalue weighted by molar-refractivity contribution is -0.126. The Balaban J connectivity index is 1.30. The van der Waals surface area contributed by atoms with E-state index in [1.54, 1.807) is 19.2 Å². The zero-order chi connectivity index (χ0) is 28.4. The molecule has 3 heterocycles. The summed E-state index contributed by atoms with van der Waals surface area (Å²) in [7, 11) is 0. The molecule has 5 rings (SSSR count). The van der Waals surface area contributed by atoms with Crippen LogP contribution in [0.3, 0.4) is 0 Å². The molecule has 3 aromatic rings. The Morgan fingerprint density at radius 3 is 2.67 bits per heavy atom. The lowest BCUT2D eigenvalue weighted by Crippen LogP contribution is -2.46. The van der Waals surface area contributed by atoms with Gasteiger partial charge >= 0.3 is 0 Å². The number of fused-ring (bicyclic) bond motifs is 1. The number of halogens is 1. The average molecular weight is 565 g/mol. The highest BCUT2D eigenvalue weighted by Crippen LogP contribution is 2.31. The predicted molar refractivity (Wildman–Crippen MR) is 151 cm³/mol. The molecule has 2 aliphatic rings. The third-order valence-corrected chi connectivity index (χ3v) is 7.90. The van der Waals surface area contributed by atoms with Gasteiger partial charge in [-0.1, -0.05) is 41.4 Å². The van der Waals surface area contributed by atoms with Crippen LogP contribution < -0.4 is 10.6 Å². The normalized spacial score (nSPS) is 20.1. The van der Waals surface area contributed by atoms with E-state index in [1.165, 1.54) is 11.1 Å². The molecule has 1 fully saturated rings. The topological polar surface area (TPSA) is 141 Å². The SMILES string of the molecule is Cc1cccc([C@@H](CO)NC(=O)[C@@H](C)N2Cc3ncc(-c4nc(NC5CCC(O)CC5)ncc4Cl)cc3C2=O)c1. The maximum Gasteiger partial charge on any atom is 0.256 e. The van der Waals surface area contributed by atoms with E-state index in [0.29, 0.717) is 33.5 Å². The van der Waals surface area contributed by atoms with Crippen molar-refractivity contribution in [2.75, 3.05) is 11.9 Å². The van der Waals surface area contributed by atoms with E-state index in [1.807, 2.05) is 31.2 Å². The van der Waals surface area contributed by atoms with Crippen LogP contribution in [0.25, 0.3) is 11.3 Å². The highest BCUT2D eigenvalue weighted by Gasteiger charge is 2.36. The molecule has 0 bridgehead atoms.